The van der Waals surface area contributed by atoms with Crippen molar-refractivity contribution < 1.29 is 14.4 Å². The molecule has 4 rings (SSSR count). The second kappa shape index (κ2) is 7.24. The van der Waals surface area contributed by atoms with E-state index in [0.29, 0.717) is 27.5 Å². The monoisotopic (exact) mass is 395 g/mol. The Morgan fingerprint density at radius 2 is 1.79 bits per heavy atom. The van der Waals surface area contributed by atoms with Crippen LogP contribution in [0.15, 0.2) is 55.1 Å². The van der Waals surface area contributed by atoms with E-state index < -0.39 is 0 Å². The lowest BCUT2D eigenvalue weighted by Crippen LogP contribution is -2.33. The SMILES string of the molecule is O=C(CCN1C(=O)c2ccccc2C1=O)Nc1cc(Cl)ccc1-n1cncn1. The zero-order valence-corrected chi connectivity index (χ0v) is 15.3. The predicted molar refractivity (Wildman–Crippen MR) is 101 cm³/mol. The van der Waals surface area contributed by atoms with Gasteiger partial charge in [0.2, 0.25) is 5.91 Å². The summed E-state index contributed by atoms with van der Waals surface area (Å²) in [5, 5.41) is 7.25. The number of hydrogen-bond acceptors (Lipinski definition) is 5. The molecule has 0 spiro atoms. The van der Waals surface area contributed by atoms with Crippen LogP contribution in [0, 0.1) is 0 Å². The summed E-state index contributed by atoms with van der Waals surface area (Å²) >= 11 is 6.04. The molecule has 1 aliphatic rings. The van der Waals surface area contributed by atoms with Gasteiger partial charge in [0.15, 0.2) is 0 Å². The van der Waals surface area contributed by atoms with E-state index in [0.717, 1.165) is 4.90 Å². The van der Waals surface area contributed by atoms with Crippen molar-refractivity contribution >= 4 is 35.0 Å². The quantitative estimate of drug-likeness (QED) is 0.669. The summed E-state index contributed by atoms with van der Waals surface area (Å²) in [6, 6.07) is 11.6. The number of halogens is 1. The van der Waals surface area contributed by atoms with E-state index in [1.54, 1.807) is 42.5 Å². The predicted octanol–water partition coefficient (Wildman–Crippen LogP) is 2.55. The standard InChI is InChI=1S/C19H14ClN5O3/c20-12-5-6-16(25-11-21-10-22-25)15(9-12)23-17(26)7-8-24-18(27)13-3-1-2-4-14(13)19(24)28/h1-6,9-11H,7-8H2,(H,23,26). The Bertz CT molecular complexity index is 1050. The Morgan fingerprint density at radius 1 is 1.07 bits per heavy atom. The van der Waals surface area contributed by atoms with Crippen LogP contribution in [0.4, 0.5) is 5.69 Å². The number of carbonyl (C=O) groups is 3. The van der Waals surface area contributed by atoms with Gasteiger partial charge in [-0.05, 0) is 30.3 Å². The van der Waals surface area contributed by atoms with Crippen LogP contribution in [0.2, 0.25) is 5.02 Å². The minimum Gasteiger partial charge on any atom is -0.324 e. The van der Waals surface area contributed by atoms with E-state index in [4.69, 9.17) is 11.6 Å². The van der Waals surface area contributed by atoms with Gasteiger partial charge in [0, 0.05) is 18.0 Å². The Hall–Kier alpha value is -3.52. The van der Waals surface area contributed by atoms with Gasteiger partial charge >= 0.3 is 0 Å². The van der Waals surface area contributed by atoms with E-state index in [1.807, 2.05) is 0 Å². The molecule has 0 unspecified atom stereocenters. The molecule has 0 saturated heterocycles. The van der Waals surface area contributed by atoms with Crippen molar-refractivity contribution in [2.75, 3.05) is 11.9 Å². The fraction of sp³-hybridized carbons (Fsp3) is 0.105. The zero-order chi connectivity index (χ0) is 19.7. The molecule has 8 nitrogen and oxygen atoms in total. The van der Waals surface area contributed by atoms with E-state index in [1.165, 1.54) is 17.3 Å². The van der Waals surface area contributed by atoms with Crippen LogP contribution in [0.1, 0.15) is 27.1 Å². The van der Waals surface area contributed by atoms with Crippen LogP contribution in [0.3, 0.4) is 0 Å². The van der Waals surface area contributed by atoms with Gasteiger partial charge in [0.1, 0.15) is 12.7 Å². The molecule has 2 aromatic carbocycles. The van der Waals surface area contributed by atoms with Crippen molar-refractivity contribution in [3.63, 3.8) is 0 Å². The lowest BCUT2D eigenvalue weighted by Gasteiger charge is -2.15. The number of fused-ring (bicyclic) bond motifs is 1. The van der Waals surface area contributed by atoms with Crippen LogP contribution in [-0.2, 0) is 4.79 Å². The van der Waals surface area contributed by atoms with Gasteiger partial charge in [-0.1, -0.05) is 23.7 Å². The van der Waals surface area contributed by atoms with E-state index in [9.17, 15) is 14.4 Å². The number of nitrogens with zero attached hydrogens (tertiary/aromatic N) is 4. The van der Waals surface area contributed by atoms with Gasteiger partial charge in [-0.25, -0.2) is 9.67 Å². The van der Waals surface area contributed by atoms with Gasteiger partial charge in [0.05, 0.1) is 22.5 Å². The number of nitrogens with one attached hydrogen (secondary N) is 1. The maximum Gasteiger partial charge on any atom is 0.261 e. The highest BCUT2D eigenvalue weighted by molar-refractivity contribution is 6.31. The smallest absolute Gasteiger partial charge is 0.261 e. The highest BCUT2D eigenvalue weighted by atomic mass is 35.5. The molecule has 0 fully saturated rings. The first-order valence-corrected chi connectivity index (χ1v) is 8.82. The first kappa shape index (κ1) is 17.9. The molecule has 3 aromatic rings. The molecule has 9 heteroatoms. The van der Waals surface area contributed by atoms with Crippen molar-refractivity contribution in [1.29, 1.82) is 0 Å². The average Bonchev–Trinajstić information content (AvgIpc) is 3.29. The van der Waals surface area contributed by atoms with Crippen molar-refractivity contribution in [3.8, 4) is 5.69 Å². The molecule has 0 aliphatic carbocycles. The lowest BCUT2D eigenvalue weighted by atomic mass is 10.1. The maximum absolute atomic E-state index is 12.4. The van der Waals surface area contributed by atoms with E-state index in [-0.39, 0.29) is 30.7 Å². The lowest BCUT2D eigenvalue weighted by molar-refractivity contribution is -0.116. The maximum atomic E-state index is 12.4. The van der Waals surface area contributed by atoms with Crippen molar-refractivity contribution in [2.45, 2.75) is 6.42 Å². The molecule has 1 N–H and O–H groups in total. The molecule has 2 heterocycles. The van der Waals surface area contributed by atoms with Crippen molar-refractivity contribution in [2.24, 2.45) is 0 Å². The summed E-state index contributed by atoms with van der Waals surface area (Å²) in [6.07, 6.45) is 2.83. The number of benzene rings is 2. The first-order chi connectivity index (χ1) is 13.5. The summed E-state index contributed by atoms with van der Waals surface area (Å²) in [5.74, 6) is -1.14. The van der Waals surface area contributed by atoms with Crippen LogP contribution in [-0.4, -0.2) is 43.9 Å². The van der Waals surface area contributed by atoms with Crippen molar-refractivity contribution in [3.05, 3.63) is 71.3 Å². The third-order valence-electron chi connectivity index (χ3n) is 4.34. The fourth-order valence-electron chi connectivity index (χ4n) is 3.01. The van der Waals surface area contributed by atoms with Gasteiger partial charge < -0.3 is 5.32 Å². The molecule has 140 valence electrons. The molecule has 3 amide bonds. The summed E-state index contributed by atoms with van der Waals surface area (Å²) in [6.45, 7) is -0.0165. The molecule has 28 heavy (non-hydrogen) atoms. The van der Waals surface area contributed by atoms with Gasteiger partial charge in [-0.2, -0.15) is 5.10 Å². The van der Waals surface area contributed by atoms with Crippen LogP contribution in [0.5, 0.6) is 0 Å². The number of rotatable bonds is 5. The molecule has 1 aliphatic heterocycles. The Labute approximate surface area is 164 Å². The molecule has 0 saturated carbocycles. The molecule has 0 atom stereocenters. The summed E-state index contributed by atoms with van der Waals surface area (Å²) in [5.41, 5.74) is 1.76. The number of carbonyl (C=O) groups excluding carboxylic acids is 3. The minimum absolute atomic E-state index is 0.0165. The Balaban J connectivity index is 1.46. The Kier molecular flexibility index (Phi) is 4.62. The molecular weight excluding hydrogens is 382 g/mol. The highest BCUT2D eigenvalue weighted by Gasteiger charge is 2.34. The molecule has 1 aromatic heterocycles. The third kappa shape index (κ3) is 3.25. The highest BCUT2D eigenvalue weighted by Crippen LogP contribution is 2.25. The number of aromatic nitrogens is 3. The van der Waals surface area contributed by atoms with Crippen molar-refractivity contribution in [1.82, 2.24) is 19.7 Å². The first-order valence-electron chi connectivity index (χ1n) is 8.44. The minimum atomic E-state index is -0.389. The zero-order valence-electron chi connectivity index (χ0n) is 14.5. The van der Waals surface area contributed by atoms with E-state index >= 15 is 0 Å². The van der Waals surface area contributed by atoms with E-state index in [2.05, 4.69) is 15.4 Å². The average molecular weight is 396 g/mol. The third-order valence-corrected chi connectivity index (χ3v) is 4.57. The van der Waals surface area contributed by atoms with Gasteiger partial charge in [-0.3, -0.25) is 19.3 Å². The molecule has 0 radical (unpaired) electrons. The Morgan fingerprint density at radius 3 is 2.43 bits per heavy atom. The molecule has 0 bridgehead atoms. The van der Waals surface area contributed by atoms with Gasteiger partial charge in [0.25, 0.3) is 11.8 Å². The number of anilines is 1. The normalized spacial score (nSPS) is 13.0. The summed E-state index contributed by atoms with van der Waals surface area (Å²) in [4.78, 5) is 42.2. The largest absolute Gasteiger partial charge is 0.324 e. The topological polar surface area (TPSA) is 97.2 Å². The van der Waals surface area contributed by atoms with Crippen LogP contribution >= 0.6 is 11.6 Å². The number of hydrogen-bond donors (Lipinski definition) is 1. The van der Waals surface area contributed by atoms with Crippen LogP contribution in [0.25, 0.3) is 5.69 Å². The second-order valence-electron chi connectivity index (χ2n) is 6.11. The van der Waals surface area contributed by atoms with Crippen LogP contribution < -0.4 is 5.32 Å². The fourth-order valence-corrected chi connectivity index (χ4v) is 3.18. The number of imide groups is 1. The summed E-state index contributed by atoms with van der Waals surface area (Å²) in [7, 11) is 0. The molecular formula is C19H14ClN5O3. The number of amides is 3. The second-order valence-corrected chi connectivity index (χ2v) is 6.54. The van der Waals surface area contributed by atoms with Gasteiger partial charge in [-0.15, -0.1) is 0 Å². The summed E-state index contributed by atoms with van der Waals surface area (Å²) < 4.78 is 1.50.